The zero-order valence-electron chi connectivity index (χ0n) is 13.1. The first-order valence-corrected chi connectivity index (χ1v) is 8.66. The fourth-order valence-electron chi connectivity index (χ4n) is 2.58. The number of rotatable bonds is 3. The van der Waals surface area contributed by atoms with Crippen molar-refractivity contribution in [2.75, 3.05) is 26.2 Å². The summed E-state index contributed by atoms with van der Waals surface area (Å²) in [5, 5.41) is 3.24. The van der Waals surface area contributed by atoms with Crippen LogP contribution in [0.2, 0.25) is 0 Å². The van der Waals surface area contributed by atoms with Crippen molar-refractivity contribution in [3.8, 4) is 11.5 Å². The van der Waals surface area contributed by atoms with Gasteiger partial charge in [-0.25, -0.2) is 4.39 Å². The van der Waals surface area contributed by atoms with Crippen LogP contribution in [0.1, 0.15) is 16.8 Å². The van der Waals surface area contributed by atoms with Gasteiger partial charge >= 0.3 is 0 Å². The summed E-state index contributed by atoms with van der Waals surface area (Å²) in [6.07, 6.45) is 0.902. The summed E-state index contributed by atoms with van der Waals surface area (Å²) in [5.74, 6) is -0.0503. The van der Waals surface area contributed by atoms with Crippen molar-refractivity contribution in [3.05, 3.63) is 58.3 Å². The molecule has 6 heteroatoms. The summed E-state index contributed by atoms with van der Waals surface area (Å²) in [4.78, 5) is 14.3. The summed E-state index contributed by atoms with van der Waals surface area (Å²) in [6, 6.07) is 11.5. The van der Waals surface area contributed by atoms with Gasteiger partial charge in [-0.2, -0.15) is 0 Å². The lowest BCUT2D eigenvalue weighted by atomic mass is 10.1. The van der Waals surface area contributed by atoms with Gasteiger partial charge in [0.25, 0.3) is 5.91 Å². The molecule has 1 aliphatic rings. The summed E-state index contributed by atoms with van der Waals surface area (Å²) < 4.78 is 20.8. The molecule has 24 heavy (non-hydrogen) atoms. The Hall–Kier alpha value is -1.92. The van der Waals surface area contributed by atoms with Gasteiger partial charge in [-0.1, -0.05) is 15.9 Å². The van der Waals surface area contributed by atoms with Gasteiger partial charge in [0, 0.05) is 29.7 Å². The Labute approximate surface area is 148 Å². The molecule has 1 saturated heterocycles. The average molecular weight is 393 g/mol. The molecule has 0 unspecified atom stereocenters. The highest BCUT2D eigenvalue weighted by molar-refractivity contribution is 9.10. The molecule has 0 saturated carbocycles. The monoisotopic (exact) mass is 392 g/mol. The predicted molar refractivity (Wildman–Crippen MR) is 94.0 cm³/mol. The third kappa shape index (κ3) is 4.13. The van der Waals surface area contributed by atoms with Crippen LogP contribution in [-0.2, 0) is 0 Å². The highest BCUT2D eigenvalue weighted by atomic mass is 79.9. The van der Waals surface area contributed by atoms with Crippen molar-refractivity contribution in [1.29, 1.82) is 0 Å². The number of nitrogens with one attached hydrogen (secondary N) is 1. The van der Waals surface area contributed by atoms with Crippen LogP contribution in [0.5, 0.6) is 11.5 Å². The minimum Gasteiger partial charge on any atom is -0.454 e. The molecule has 2 aromatic carbocycles. The molecular formula is C18H18BrFN2O2. The van der Waals surface area contributed by atoms with E-state index in [9.17, 15) is 9.18 Å². The fourth-order valence-corrected chi connectivity index (χ4v) is 2.84. The van der Waals surface area contributed by atoms with Gasteiger partial charge in [0.05, 0.1) is 0 Å². The van der Waals surface area contributed by atoms with E-state index >= 15 is 0 Å². The van der Waals surface area contributed by atoms with E-state index in [1.165, 1.54) is 12.1 Å². The molecule has 0 bridgehead atoms. The molecule has 0 aromatic heterocycles. The maximum atomic E-state index is 14.3. The maximum Gasteiger partial charge on any atom is 0.254 e. The van der Waals surface area contributed by atoms with E-state index in [1.807, 2.05) is 12.1 Å². The van der Waals surface area contributed by atoms with E-state index in [4.69, 9.17) is 4.74 Å². The van der Waals surface area contributed by atoms with E-state index < -0.39 is 5.82 Å². The van der Waals surface area contributed by atoms with Gasteiger partial charge in [0.2, 0.25) is 0 Å². The van der Waals surface area contributed by atoms with Crippen LogP contribution in [0.3, 0.4) is 0 Å². The molecule has 0 aliphatic carbocycles. The summed E-state index contributed by atoms with van der Waals surface area (Å²) in [7, 11) is 0. The maximum absolute atomic E-state index is 14.3. The minimum atomic E-state index is -0.545. The smallest absolute Gasteiger partial charge is 0.254 e. The van der Waals surface area contributed by atoms with Crippen LogP contribution >= 0.6 is 15.9 Å². The molecule has 0 spiro atoms. The zero-order valence-corrected chi connectivity index (χ0v) is 14.7. The van der Waals surface area contributed by atoms with Gasteiger partial charge in [-0.3, -0.25) is 4.79 Å². The van der Waals surface area contributed by atoms with Crippen molar-refractivity contribution in [3.63, 3.8) is 0 Å². The Balaban J connectivity index is 1.74. The highest BCUT2D eigenvalue weighted by Crippen LogP contribution is 2.26. The van der Waals surface area contributed by atoms with Crippen molar-refractivity contribution in [1.82, 2.24) is 10.2 Å². The Kier molecular flexibility index (Phi) is 5.48. The van der Waals surface area contributed by atoms with Gasteiger partial charge in [-0.05, 0) is 55.4 Å². The zero-order chi connectivity index (χ0) is 16.9. The molecule has 0 radical (unpaired) electrons. The third-order valence-electron chi connectivity index (χ3n) is 3.85. The number of ether oxygens (including phenoxy) is 1. The highest BCUT2D eigenvalue weighted by Gasteiger charge is 2.18. The Morgan fingerprint density at radius 1 is 1.12 bits per heavy atom. The van der Waals surface area contributed by atoms with Crippen molar-refractivity contribution in [2.45, 2.75) is 6.42 Å². The lowest BCUT2D eigenvalue weighted by molar-refractivity contribution is 0.0766. The number of amides is 1. The van der Waals surface area contributed by atoms with Crippen molar-refractivity contribution >= 4 is 21.8 Å². The molecule has 4 nitrogen and oxygen atoms in total. The number of benzene rings is 2. The summed E-state index contributed by atoms with van der Waals surface area (Å²) in [5.41, 5.74) is 0.345. The first-order chi connectivity index (χ1) is 11.6. The number of halogens is 2. The van der Waals surface area contributed by atoms with Gasteiger partial charge in [0.1, 0.15) is 5.75 Å². The quantitative estimate of drug-likeness (QED) is 0.862. The van der Waals surface area contributed by atoms with E-state index in [0.29, 0.717) is 24.4 Å². The third-order valence-corrected chi connectivity index (χ3v) is 4.38. The first kappa shape index (κ1) is 16.9. The molecule has 3 rings (SSSR count). The van der Waals surface area contributed by atoms with Crippen LogP contribution in [0.15, 0.2) is 46.9 Å². The standard InChI is InChI=1S/C18H18BrFN2O2/c19-14-3-5-15(6-4-14)24-17-7-2-13(12-16(17)20)18(23)22-10-1-8-21-9-11-22/h2-7,12,21H,1,8-11H2. The number of hydrogen-bond acceptors (Lipinski definition) is 3. The van der Waals surface area contributed by atoms with Crippen LogP contribution in [0.25, 0.3) is 0 Å². The van der Waals surface area contributed by atoms with E-state index in [0.717, 1.165) is 24.0 Å². The molecule has 0 atom stereocenters. The van der Waals surface area contributed by atoms with Crippen LogP contribution in [-0.4, -0.2) is 37.0 Å². The number of carbonyl (C=O) groups excluding carboxylic acids is 1. The van der Waals surface area contributed by atoms with E-state index in [-0.39, 0.29) is 11.7 Å². The molecule has 1 heterocycles. The fraction of sp³-hybridized carbons (Fsp3) is 0.278. The van der Waals surface area contributed by atoms with Crippen molar-refractivity contribution in [2.24, 2.45) is 0 Å². The average Bonchev–Trinajstić information content (AvgIpc) is 2.87. The van der Waals surface area contributed by atoms with Gasteiger partial charge < -0.3 is 15.0 Å². The Morgan fingerprint density at radius 3 is 2.67 bits per heavy atom. The van der Waals surface area contributed by atoms with E-state index in [1.54, 1.807) is 23.1 Å². The van der Waals surface area contributed by atoms with Crippen molar-refractivity contribution < 1.29 is 13.9 Å². The van der Waals surface area contributed by atoms with Gasteiger partial charge in [0.15, 0.2) is 11.6 Å². The SMILES string of the molecule is O=C(c1ccc(Oc2ccc(Br)cc2)c(F)c1)N1CCCNCC1. The Bertz CT molecular complexity index is 713. The molecule has 1 amide bonds. The normalized spacial score (nSPS) is 15.0. The van der Waals surface area contributed by atoms with Crippen LogP contribution in [0, 0.1) is 5.82 Å². The minimum absolute atomic E-state index is 0.103. The largest absolute Gasteiger partial charge is 0.454 e. The molecule has 2 aromatic rings. The van der Waals surface area contributed by atoms with Crippen LogP contribution < -0.4 is 10.1 Å². The summed E-state index contributed by atoms with van der Waals surface area (Å²) in [6.45, 7) is 2.99. The second-order valence-electron chi connectivity index (χ2n) is 5.60. The van der Waals surface area contributed by atoms with Gasteiger partial charge in [-0.15, -0.1) is 0 Å². The second-order valence-corrected chi connectivity index (χ2v) is 6.51. The number of nitrogens with zero attached hydrogens (tertiary/aromatic N) is 1. The second kappa shape index (κ2) is 7.77. The lowest BCUT2D eigenvalue weighted by Crippen LogP contribution is -2.34. The Morgan fingerprint density at radius 2 is 1.92 bits per heavy atom. The molecular weight excluding hydrogens is 375 g/mol. The number of hydrogen-bond donors (Lipinski definition) is 1. The molecule has 1 N–H and O–H groups in total. The molecule has 1 aliphatic heterocycles. The molecule has 1 fully saturated rings. The first-order valence-electron chi connectivity index (χ1n) is 7.86. The van der Waals surface area contributed by atoms with E-state index in [2.05, 4.69) is 21.2 Å². The van der Waals surface area contributed by atoms with Crippen LogP contribution in [0.4, 0.5) is 4.39 Å². The topological polar surface area (TPSA) is 41.6 Å². The predicted octanol–water partition coefficient (Wildman–Crippen LogP) is 3.82. The number of carbonyl (C=O) groups is 1. The lowest BCUT2D eigenvalue weighted by Gasteiger charge is -2.20. The molecule has 126 valence electrons. The summed E-state index contributed by atoms with van der Waals surface area (Å²) >= 11 is 3.34.